The van der Waals surface area contributed by atoms with E-state index in [4.69, 9.17) is 14.2 Å². The minimum Gasteiger partial charge on any atom is -0.487 e. The number of carbonyl (C=O) groups excluding carboxylic acids is 2. The molecule has 0 aromatic heterocycles. The number of esters is 1. The van der Waals surface area contributed by atoms with Crippen molar-refractivity contribution in [3.8, 4) is 11.5 Å². The Labute approximate surface area is 362 Å². The summed E-state index contributed by atoms with van der Waals surface area (Å²) in [6, 6.07) is 0. The van der Waals surface area contributed by atoms with Gasteiger partial charge in [-0.2, -0.15) is 0 Å². The van der Waals surface area contributed by atoms with Crippen LogP contribution in [0.15, 0.2) is 0 Å². The molecule has 0 saturated carbocycles. The largest absolute Gasteiger partial charge is 0.487 e. The number of nitrogens with one attached hydrogen (secondary N) is 1. The molecule has 8 heteroatoms. The maximum Gasteiger partial charge on any atom is 0.344 e. The van der Waals surface area contributed by atoms with Gasteiger partial charge in [0.1, 0.15) is 29.2 Å². The number of hydrogen-bond donors (Lipinski definition) is 3. The van der Waals surface area contributed by atoms with Crippen molar-refractivity contribution in [2.24, 2.45) is 17.8 Å². The van der Waals surface area contributed by atoms with E-state index in [0.29, 0.717) is 12.2 Å². The molecule has 1 aromatic rings. The van der Waals surface area contributed by atoms with Crippen molar-refractivity contribution in [1.82, 2.24) is 5.32 Å². The van der Waals surface area contributed by atoms with Crippen molar-refractivity contribution in [2.75, 3.05) is 26.4 Å². The first-order chi connectivity index (χ1) is 28.2. The summed E-state index contributed by atoms with van der Waals surface area (Å²) >= 11 is 0. The van der Waals surface area contributed by atoms with Crippen LogP contribution in [-0.4, -0.2) is 59.7 Å². The van der Waals surface area contributed by atoms with Crippen molar-refractivity contribution in [1.29, 1.82) is 0 Å². The van der Waals surface area contributed by atoms with Gasteiger partial charge >= 0.3 is 5.97 Å². The number of amides is 1. The lowest BCUT2D eigenvalue weighted by Crippen LogP contribution is -2.57. The van der Waals surface area contributed by atoms with Gasteiger partial charge in [0, 0.05) is 12.0 Å². The summed E-state index contributed by atoms with van der Waals surface area (Å²) in [6.07, 6.45) is 29.5. The normalized spacial score (nSPS) is 16.4. The van der Waals surface area contributed by atoms with Gasteiger partial charge in [-0.05, 0) is 94.2 Å². The average molecular weight is 830 g/mol. The molecule has 0 fully saturated rings. The smallest absolute Gasteiger partial charge is 0.344 e. The van der Waals surface area contributed by atoms with Crippen LogP contribution in [0.25, 0.3) is 0 Å². The lowest BCUT2D eigenvalue weighted by molar-refractivity contribution is -0.151. The van der Waals surface area contributed by atoms with Crippen LogP contribution in [-0.2, 0) is 20.7 Å². The third kappa shape index (κ3) is 20.4. The number of rotatable bonds is 34. The van der Waals surface area contributed by atoms with E-state index in [9.17, 15) is 19.8 Å². The summed E-state index contributed by atoms with van der Waals surface area (Å²) in [5, 5.41) is 23.0. The Balaban J connectivity index is 1.76. The minimum absolute atomic E-state index is 0.207. The average Bonchev–Trinajstić information content (AvgIpc) is 3.20. The Kier molecular flexibility index (Phi) is 26.0. The molecule has 1 amide bonds. The first-order valence-electron chi connectivity index (χ1n) is 24.3. The summed E-state index contributed by atoms with van der Waals surface area (Å²) in [5.41, 5.74) is 2.42. The minimum atomic E-state index is -1.45. The Morgan fingerprint density at radius 2 is 1.25 bits per heavy atom. The number of aliphatic hydroxyl groups excluding tert-OH is 2. The molecule has 2 rings (SSSR count). The van der Waals surface area contributed by atoms with Crippen molar-refractivity contribution >= 4 is 11.9 Å². The second-order valence-electron chi connectivity index (χ2n) is 19.5. The molecular formula is C51H91NO7. The molecular weight excluding hydrogens is 739 g/mol. The SMILES string of the molecule is CCCCCCCCCCCCCCCC(=O)NC(CO)(CO)COC(=O)COc1c(C)c(C)c2c(c1C)CCC(C)(CCCC(C)CCCC(C)CCCC(C)C)O2. The van der Waals surface area contributed by atoms with E-state index in [1.807, 2.05) is 13.8 Å². The van der Waals surface area contributed by atoms with Crippen LogP contribution < -0.4 is 14.8 Å². The van der Waals surface area contributed by atoms with Crippen molar-refractivity contribution in [3.63, 3.8) is 0 Å². The fourth-order valence-electron chi connectivity index (χ4n) is 8.79. The number of unbranched alkanes of at least 4 members (excludes halogenated alkanes) is 12. The third-order valence-electron chi connectivity index (χ3n) is 13.2. The van der Waals surface area contributed by atoms with E-state index in [2.05, 4.69) is 53.8 Å². The molecule has 0 radical (unpaired) electrons. The van der Waals surface area contributed by atoms with Crippen LogP contribution in [0.3, 0.4) is 0 Å². The first kappa shape index (κ1) is 52.8. The molecule has 3 atom stereocenters. The Morgan fingerprint density at radius 1 is 0.729 bits per heavy atom. The topological polar surface area (TPSA) is 114 Å². The van der Waals surface area contributed by atoms with Crippen LogP contribution in [0.4, 0.5) is 0 Å². The third-order valence-corrected chi connectivity index (χ3v) is 13.2. The number of ether oxygens (including phenoxy) is 3. The lowest BCUT2D eigenvalue weighted by Gasteiger charge is -2.38. The van der Waals surface area contributed by atoms with Crippen LogP contribution >= 0.6 is 0 Å². The van der Waals surface area contributed by atoms with Crippen LogP contribution in [0, 0.1) is 38.5 Å². The molecule has 1 aliphatic heterocycles. The quantitative estimate of drug-likeness (QED) is 0.0468. The van der Waals surface area contributed by atoms with E-state index < -0.39 is 24.7 Å². The lowest BCUT2D eigenvalue weighted by atomic mass is 9.83. The molecule has 1 aromatic carbocycles. The predicted octanol–water partition coefficient (Wildman–Crippen LogP) is 12.4. The molecule has 0 spiro atoms. The number of fused-ring (bicyclic) bond motifs is 1. The molecule has 0 bridgehead atoms. The molecule has 59 heavy (non-hydrogen) atoms. The monoisotopic (exact) mass is 830 g/mol. The van der Waals surface area contributed by atoms with Crippen LogP contribution in [0.2, 0.25) is 0 Å². The van der Waals surface area contributed by atoms with Crippen molar-refractivity contribution in [2.45, 2.75) is 234 Å². The van der Waals surface area contributed by atoms with Gasteiger partial charge in [0.25, 0.3) is 0 Å². The summed E-state index contributed by atoms with van der Waals surface area (Å²) in [5.74, 6) is 3.09. The fourth-order valence-corrected chi connectivity index (χ4v) is 8.79. The zero-order valence-corrected chi connectivity index (χ0v) is 39.7. The predicted molar refractivity (Wildman–Crippen MR) is 245 cm³/mol. The Morgan fingerprint density at radius 3 is 1.80 bits per heavy atom. The maximum absolute atomic E-state index is 12.9. The number of hydrogen-bond acceptors (Lipinski definition) is 7. The van der Waals surface area contributed by atoms with Gasteiger partial charge in [0.05, 0.1) is 13.2 Å². The number of benzene rings is 1. The molecule has 8 nitrogen and oxygen atoms in total. The van der Waals surface area contributed by atoms with Gasteiger partial charge in [-0.15, -0.1) is 0 Å². The molecule has 1 heterocycles. The van der Waals surface area contributed by atoms with E-state index in [1.54, 1.807) is 0 Å². The van der Waals surface area contributed by atoms with E-state index >= 15 is 0 Å². The second-order valence-corrected chi connectivity index (χ2v) is 19.5. The highest BCUT2D eigenvalue weighted by atomic mass is 16.6. The number of aliphatic hydroxyl groups is 2. The van der Waals surface area contributed by atoms with Crippen LogP contribution in [0.5, 0.6) is 11.5 Å². The van der Waals surface area contributed by atoms with Crippen molar-refractivity contribution < 1.29 is 34.0 Å². The van der Waals surface area contributed by atoms with Crippen LogP contribution in [0.1, 0.15) is 218 Å². The molecule has 1 aliphatic rings. The number of carbonyl (C=O) groups is 2. The Bertz CT molecular complexity index is 1320. The summed E-state index contributed by atoms with van der Waals surface area (Å²) in [6.45, 7) is 18.3. The van der Waals surface area contributed by atoms with E-state index in [0.717, 1.165) is 90.7 Å². The van der Waals surface area contributed by atoms with Gasteiger partial charge < -0.3 is 29.7 Å². The summed E-state index contributed by atoms with van der Waals surface area (Å²) < 4.78 is 18.4. The van der Waals surface area contributed by atoms with E-state index in [-0.39, 0.29) is 24.7 Å². The standard InChI is InChI=1S/C51H91NO7/c1-10-11-12-13-14-15-16-17-18-19-20-21-22-31-46(55)52-51(36-53,37-54)38-58-47(56)35-57-48-42(6)43(7)49-45(44(48)8)32-34-50(9,59-49)33-25-30-41(5)29-24-28-40(4)27-23-26-39(2)3/h39-41,53-54H,10-38H2,1-9H3,(H,52,55). The fraction of sp³-hybridized carbons (Fsp3) is 0.843. The van der Waals surface area contributed by atoms with Gasteiger partial charge in [0.2, 0.25) is 5.91 Å². The Hall–Kier alpha value is -2.32. The highest BCUT2D eigenvalue weighted by Crippen LogP contribution is 2.45. The van der Waals surface area contributed by atoms with Gasteiger partial charge in [0.15, 0.2) is 6.61 Å². The van der Waals surface area contributed by atoms with Gasteiger partial charge in [-0.25, -0.2) is 4.79 Å². The molecule has 342 valence electrons. The zero-order chi connectivity index (χ0) is 43.7. The molecule has 3 unspecified atom stereocenters. The highest BCUT2D eigenvalue weighted by molar-refractivity contribution is 5.77. The second kappa shape index (κ2) is 29.1. The maximum atomic E-state index is 12.9. The van der Waals surface area contributed by atoms with E-state index in [1.165, 1.54) is 109 Å². The first-order valence-corrected chi connectivity index (χ1v) is 24.3. The highest BCUT2D eigenvalue weighted by Gasteiger charge is 2.35. The molecule has 0 saturated heterocycles. The van der Waals surface area contributed by atoms with Gasteiger partial charge in [-0.1, -0.05) is 157 Å². The zero-order valence-electron chi connectivity index (χ0n) is 39.7. The molecule has 3 N–H and O–H groups in total. The molecule has 0 aliphatic carbocycles. The van der Waals surface area contributed by atoms with Crippen molar-refractivity contribution in [3.05, 3.63) is 22.3 Å². The van der Waals surface area contributed by atoms with Gasteiger partial charge in [-0.3, -0.25) is 4.79 Å². The summed E-state index contributed by atoms with van der Waals surface area (Å²) in [4.78, 5) is 25.7. The summed E-state index contributed by atoms with van der Waals surface area (Å²) in [7, 11) is 0.